The number of nitrogens with one attached hydrogen (secondary N) is 1. The molecule has 1 aliphatic rings. The third kappa shape index (κ3) is 3.70. The molecule has 2 aromatic rings. The summed E-state index contributed by atoms with van der Waals surface area (Å²) in [6.45, 7) is 1.20. The summed E-state index contributed by atoms with van der Waals surface area (Å²) in [5.74, 6) is -0.396. The van der Waals surface area contributed by atoms with Gasteiger partial charge in [-0.05, 0) is 37.1 Å². The van der Waals surface area contributed by atoms with Gasteiger partial charge >= 0.3 is 0 Å². The standard InChI is InChI=1S/C17H18Cl2N4O3/c18-11-1-3-12(4-2-11)23-15(24)14(19)13(9-22-23)21-10-17(16(20)25)5-7-26-8-6-17/h1-4,9,21H,5-8,10H2,(H2,20,25). The Morgan fingerprint density at radius 1 is 1.27 bits per heavy atom. The normalized spacial score (nSPS) is 16.2. The molecule has 0 radical (unpaired) electrons. The van der Waals surface area contributed by atoms with Crippen molar-refractivity contribution in [3.05, 3.63) is 50.9 Å². The minimum absolute atomic E-state index is 0.0124. The molecule has 0 atom stereocenters. The van der Waals surface area contributed by atoms with Gasteiger partial charge < -0.3 is 15.8 Å². The van der Waals surface area contributed by atoms with Gasteiger partial charge in [-0.3, -0.25) is 9.59 Å². The number of amides is 1. The highest BCUT2D eigenvalue weighted by atomic mass is 35.5. The average molecular weight is 397 g/mol. The molecule has 2 heterocycles. The number of aromatic nitrogens is 2. The number of anilines is 1. The number of hydrogen-bond donors (Lipinski definition) is 2. The molecular formula is C17H18Cl2N4O3. The molecule has 3 rings (SSSR count). The van der Waals surface area contributed by atoms with E-state index in [9.17, 15) is 9.59 Å². The van der Waals surface area contributed by atoms with E-state index in [1.807, 2.05) is 0 Å². The summed E-state index contributed by atoms with van der Waals surface area (Å²) in [6.07, 6.45) is 2.48. The van der Waals surface area contributed by atoms with Crippen LogP contribution in [0.1, 0.15) is 12.8 Å². The maximum Gasteiger partial charge on any atom is 0.292 e. The molecular weight excluding hydrogens is 379 g/mol. The number of carbonyl (C=O) groups is 1. The molecule has 0 aliphatic carbocycles. The fourth-order valence-corrected chi connectivity index (χ4v) is 3.18. The fourth-order valence-electron chi connectivity index (χ4n) is 2.86. The highest BCUT2D eigenvalue weighted by Crippen LogP contribution is 2.31. The van der Waals surface area contributed by atoms with Gasteiger partial charge in [0.2, 0.25) is 5.91 Å². The van der Waals surface area contributed by atoms with Crippen LogP contribution in [-0.2, 0) is 9.53 Å². The van der Waals surface area contributed by atoms with Crippen molar-refractivity contribution < 1.29 is 9.53 Å². The number of rotatable bonds is 5. The minimum atomic E-state index is -0.730. The third-order valence-electron chi connectivity index (χ3n) is 4.58. The van der Waals surface area contributed by atoms with Crippen molar-refractivity contribution in [2.24, 2.45) is 11.1 Å². The summed E-state index contributed by atoms with van der Waals surface area (Å²) in [5, 5.41) is 7.73. The second-order valence-electron chi connectivity index (χ2n) is 6.18. The first-order chi connectivity index (χ1) is 12.4. The van der Waals surface area contributed by atoms with Crippen LogP contribution in [0, 0.1) is 5.41 Å². The van der Waals surface area contributed by atoms with Gasteiger partial charge in [0, 0.05) is 24.8 Å². The second-order valence-corrected chi connectivity index (χ2v) is 6.99. The van der Waals surface area contributed by atoms with Crippen molar-refractivity contribution in [2.45, 2.75) is 12.8 Å². The second kappa shape index (κ2) is 7.65. The van der Waals surface area contributed by atoms with E-state index in [1.54, 1.807) is 24.3 Å². The lowest BCUT2D eigenvalue weighted by Gasteiger charge is -2.34. The number of nitrogens with zero attached hydrogens (tertiary/aromatic N) is 2. The zero-order valence-electron chi connectivity index (χ0n) is 13.9. The van der Waals surface area contributed by atoms with Crippen molar-refractivity contribution in [1.82, 2.24) is 9.78 Å². The molecule has 0 spiro atoms. The Kier molecular flexibility index (Phi) is 5.50. The van der Waals surface area contributed by atoms with Gasteiger partial charge in [-0.2, -0.15) is 9.78 Å². The van der Waals surface area contributed by atoms with Crippen LogP contribution in [0.5, 0.6) is 0 Å². The molecule has 26 heavy (non-hydrogen) atoms. The van der Waals surface area contributed by atoms with Crippen LogP contribution in [-0.4, -0.2) is 35.4 Å². The number of ether oxygens (including phenoxy) is 1. The lowest BCUT2D eigenvalue weighted by Crippen LogP contribution is -2.46. The van der Waals surface area contributed by atoms with Gasteiger partial charge in [0.05, 0.1) is 23.0 Å². The maximum absolute atomic E-state index is 12.5. The minimum Gasteiger partial charge on any atom is -0.381 e. The van der Waals surface area contributed by atoms with Crippen molar-refractivity contribution in [3.63, 3.8) is 0 Å². The molecule has 7 nitrogen and oxygen atoms in total. The Labute approximate surface area is 160 Å². The van der Waals surface area contributed by atoms with Crippen LogP contribution in [0.4, 0.5) is 5.69 Å². The fraction of sp³-hybridized carbons (Fsp3) is 0.353. The lowest BCUT2D eigenvalue weighted by atomic mass is 9.79. The Morgan fingerprint density at radius 2 is 1.92 bits per heavy atom. The van der Waals surface area contributed by atoms with Gasteiger partial charge in [-0.25, -0.2) is 0 Å². The predicted octanol–water partition coefficient (Wildman–Crippen LogP) is 2.23. The number of halogens is 2. The molecule has 1 aromatic heterocycles. The van der Waals surface area contributed by atoms with Gasteiger partial charge in [-0.15, -0.1) is 0 Å². The van der Waals surface area contributed by atoms with E-state index in [4.69, 9.17) is 33.7 Å². The molecule has 9 heteroatoms. The molecule has 0 saturated carbocycles. The first-order valence-corrected chi connectivity index (χ1v) is 8.84. The summed E-state index contributed by atoms with van der Waals surface area (Å²) in [7, 11) is 0. The molecule has 1 fully saturated rings. The van der Waals surface area contributed by atoms with E-state index in [1.165, 1.54) is 10.9 Å². The molecule has 0 bridgehead atoms. The number of nitrogens with two attached hydrogens (primary N) is 1. The number of benzene rings is 1. The van der Waals surface area contributed by atoms with Crippen molar-refractivity contribution in [2.75, 3.05) is 25.1 Å². The van der Waals surface area contributed by atoms with Crippen molar-refractivity contribution in [1.29, 1.82) is 0 Å². The zero-order valence-corrected chi connectivity index (χ0v) is 15.4. The van der Waals surface area contributed by atoms with Crippen LogP contribution in [0.15, 0.2) is 35.3 Å². The third-order valence-corrected chi connectivity index (χ3v) is 5.20. The number of primary amides is 1. The summed E-state index contributed by atoms with van der Waals surface area (Å²) < 4.78 is 6.49. The van der Waals surface area contributed by atoms with E-state index in [2.05, 4.69) is 10.4 Å². The van der Waals surface area contributed by atoms with Crippen molar-refractivity contribution in [3.8, 4) is 5.69 Å². The summed E-state index contributed by atoms with van der Waals surface area (Å²) >= 11 is 12.1. The van der Waals surface area contributed by atoms with Crippen LogP contribution in [0.25, 0.3) is 5.69 Å². The summed E-state index contributed by atoms with van der Waals surface area (Å²) in [4.78, 5) is 24.4. The highest BCUT2D eigenvalue weighted by Gasteiger charge is 2.38. The van der Waals surface area contributed by atoms with Crippen LogP contribution in [0.2, 0.25) is 10.0 Å². The Morgan fingerprint density at radius 3 is 2.54 bits per heavy atom. The number of carbonyl (C=O) groups excluding carboxylic acids is 1. The smallest absolute Gasteiger partial charge is 0.292 e. The average Bonchev–Trinajstić information content (AvgIpc) is 2.64. The van der Waals surface area contributed by atoms with E-state index in [-0.39, 0.29) is 11.6 Å². The Balaban J connectivity index is 1.83. The molecule has 1 aromatic carbocycles. The van der Waals surface area contributed by atoms with Crippen LogP contribution >= 0.6 is 23.2 Å². The Hall–Kier alpha value is -2.09. The maximum atomic E-state index is 12.5. The zero-order chi connectivity index (χ0) is 18.7. The van der Waals surface area contributed by atoms with E-state index in [0.717, 1.165) is 0 Å². The van der Waals surface area contributed by atoms with Gasteiger partial charge in [-0.1, -0.05) is 23.2 Å². The Bertz CT molecular complexity index is 861. The van der Waals surface area contributed by atoms with Gasteiger partial charge in [0.15, 0.2) is 0 Å². The summed E-state index contributed by atoms with van der Waals surface area (Å²) in [6, 6.07) is 6.66. The molecule has 138 valence electrons. The van der Waals surface area contributed by atoms with Gasteiger partial charge in [0.1, 0.15) is 5.02 Å². The largest absolute Gasteiger partial charge is 0.381 e. The number of hydrogen-bond acceptors (Lipinski definition) is 5. The van der Waals surface area contributed by atoms with Crippen LogP contribution < -0.4 is 16.6 Å². The molecule has 1 aliphatic heterocycles. The topological polar surface area (TPSA) is 99.2 Å². The molecule has 0 unspecified atom stereocenters. The van der Waals surface area contributed by atoms with Gasteiger partial charge in [0.25, 0.3) is 5.56 Å². The van der Waals surface area contributed by atoms with E-state index in [0.29, 0.717) is 42.5 Å². The monoisotopic (exact) mass is 396 g/mol. The molecule has 1 amide bonds. The first-order valence-electron chi connectivity index (χ1n) is 8.08. The van der Waals surface area contributed by atoms with E-state index >= 15 is 0 Å². The molecule has 3 N–H and O–H groups in total. The molecule has 1 saturated heterocycles. The highest BCUT2D eigenvalue weighted by molar-refractivity contribution is 6.33. The first kappa shape index (κ1) is 18.7. The SMILES string of the molecule is NC(=O)C1(CNc2cnn(-c3ccc(Cl)cc3)c(=O)c2Cl)CCOCC1. The van der Waals surface area contributed by atoms with Crippen LogP contribution in [0.3, 0.4) is 0 Å². The van der Waals surface area contributed by atoms with Crippen molar-refractivity contribution >= 4 is 34.8 Å². The predicted molar refractivity (Wildman–Crippen MR) is 100 cm³/mol. The quantitative estimate of drug-likeness (QED) is 0.806. The summed E-state index contributed by atoms with van der Waals surface area (Å²) in [5.41, 5.74) is 5.29. The van der Waals surface area contributed by atoms with E-state index < -0.39 is 16.9 Å². The lowest BCUT2D eigenvalue weighted by molar-refractivity contribution is -0.132.